The highest BCUT2D eigenvalue weighted by atomic mass is 16.5. The van der Waals surface area contributed by atoms with Crippen molar-refractivity contribution in [3.8, 4) is 6.07 Å². The third-order valence-electron chi connectivity index (χ3n) is 2.66. The Morgan fingerprint density at radius 2 is 2.21 bits per heavy atom. The van der Waals surface area contributed by atoms with Crippen LogP contribution in [0.4, 0.5) is 11.4 Å². The predicted octanol–water partition coefficient (Wildman–Crippen LogP) is 2.81. The molecular weight excluding hydrogens is 238 g/mol. The number of nitriles is 1. The van der Waals surface area contributed by atoms with Gasteiger partial charge in [-0.3, -0.25) is 0 Å². The van der Waals surface area contributed by atoms with E-state index < -0.39 is 0 Å². The second-order valence-corrected chi connectivity index (χ2v) is 5.00. The van der Waals surface area contributed by atoms with Gasteiger partial charge < -0.3 is 15.8 Å². The van der Waals surface area contributed by atoms with Crippen LogP contribution in [0, 0.1) is 17.2 Å². The zero-order valence-electron chi connectivity index (χ0n) is 11.8. The number of hydrogen-bond donors (Lipinski definition) is 2. The SMILES string of the molecule is CC(C)COCCCNc1ccc(N)c(CC#N)c1. The highest BCUT2D eigenvalue weighted by molar-refractivity contribution is 5.57. The average molecular weight is 261 g/mol. The largest absolute Gasteiger partial charge is 0.398 e. The monoisotopic (exact) mass is 261 g/mol. The van der Waals surface area contributed by atoms with Crippen molar-refractivity contribution in [3.05, 3.63) is 23.8 Å². The van der Waals surface area contributed by atoms with E-state index >= 15 is 0 Å². The third-order valence-corrected chi connectivity index (χ3v) is 2.66. The maximum atomic E-state index is 8.71. The predicted molar refractivity (Wildman–Crippen MR) is 78.9 cm³/mol. The normalized spacial score (nSPS) is 10.4. The second-order valence-electron chi connectivity index (χ2n) is 5.00. The van der Waals surface area contributed by atoms with E-state index in [1.165, 1.54) is 0 Å². The van der Waals surface area contributed by atoms with Gasteiger partial charge in [0.15, 0.2) is 0 Å². The summed E-state index contributed by atoms with van der Waals surface area (Å²) in [4.78, 5) is 0. The molecule has 0 spiro atoms. The van der Waals surface area contributed by atoms with Gasteiger partial charge in [0, 0.05) is 31.1 Å². The lowest BCUT2D eigenvalue weighted by atomic mass is 10.1. The quantitative estimate of drug-likeness (QED) is 0.557. The van der Waals surface area contributed by atoms with Crippen molar-refractivity contribution in [2.75, 3.05) is 30.8 Å². The van der Waals surface area contributed by atoms with Gasteiger partial charge in [0.05, 0.1) is 12.5 Å². The zero-order chi connectivity index (χ0) is 14.1. The van der Waals surface area contributed by atoms with Crippen LogP contribution in [-0.4, -0.2) is 19.8 Å². The van der Waals surface area contributed by atoms with E-state index in [9.17, 15) is 0 Å². The van der Waals surface area contributed by atoms with Gasteiger partial charge >= 0.3 is 0 Å². The molecular formula is C15H23N3O. The molecule has 0 heterocycles. The summed E-state index contributed by atoms with van der Waals surface area (Å²) >= 11 is 0. The van der Waals surface area contributed by atoms with Crippen LogP contribution >= 0.6 is 0 Å². The van der Waals surface area contributed by atoms with Crippen molar-refractivity contribution < 1.29 is 4.74 Å². The maximum Gasteiger partial charge on any atom is 0.0670 e. The van der Waals surface area contributed by atoms with Gasteiger partial charge in [-0.1, -0.05) is 13.8 Å². The molecule has 0 unspecified atom stereocenters. The van der Waals surface area contributed by atoms with Gasteiger partial charge in [-0.2, -0.15) is 5.26 Å². The molecule has 104 valence electrons. The number of benzene rings is 1. The van der Waals surface area contributed by atoms with Gasteiger partial charge in [-0.25, -0.2) is 0 Å². The minimum Gasteiger partial charge on any atom is -0.398 e. The van der Waals surface area contributed by atoms with Crippen LogP contribution in [0.25, 0.3) is 0 Å². The zero-order valence-corrected chi connectivity index (χ0v) is 11.8. The number of nitrogens with one attached hydrogen (secondary N) is 1. The number of nitrogen functional groups attached to an aromatic ring is 1. The smallest absolute Gasteiger partial charge is 0.0670 e. The molecule has 0 aliphatic heterocycles. The Kier molecular flexibility index (Phi) is 6.76. The topological polar surface area (TPSA) is 71.1 Å². The number of hydrogen-bond acceptors (Lipinski definition) is 4. The van der Waals surface area contributed by atoms with Crippen molar-refractivity contribution in [1.29, 1.82) is 5.26 Å². The summed E-state index contributed by atoms with van der Waals surface area (Å²) < 4.78 is 5.51. The van der Waals surface area contributed by atoms with E-state index in [1.54, 1.807) is 0 Å². The Labute approximate surface area is 115 Å². The lowest BCUT2D eigenvalue weighted by Crippen LogP contribution is -2.08. The van der Waals surface area contributed by atoms with Crippen LogP contribution in [0.15, 0.2) is 18.2 Å². The fraction of sp³-hybridized carbons (Fsp3) is 0.533. The van der Waals surface area contributed by atoms with Crippen LogP contribution in [-0.2, 0) is 11.2 Å². The number of ether oxygens (including phenoxy) is 1. The van der Waals surface area contributed by atoms with Crippen molar-refractivity contribution in [1.82, 2.24) is 0 Å². The summed E-state index contributed by atoms with van der Waals surface area (Å²) in [5.41, 5.74) is 8.35. The van der Waals surface area contributed by atoms with E-state index in [0.717, 1.165) is 37.4 Å². The van der Waals surface area contributed by atoms with Crippen LogP contribution in [0.5, 0.6) is 0 Å². The molecule has 0 aromatic heterocycles. The molecule has 0 atom stereocenters. The van der Waals surface area contributed by atoms with Gasteiger partial charge in [-0.15, -0.1) is 0 Å². The summed E-state index contributed by atoms with van der Waals surface area (Å²) in [6, 6.07) is 7.83. The van der Waals surface area contributed by atoms with E-state index in [0.29, 0.717) is 18.0 Å². The molecule has 0 bridgehead atoms. The lowest BCUT2D eigenvalue weighted by Gasteiger charge is -2.10. The fourth-order valence-corrected chi connectivity index (χ4v) is 1.68. The Bertz CT molecular complexity index is 424. The number of nitrogens with zero attached hydrogens (tertiary/aromatic N) is 1. The first-order valence-electron chi connectivity index (χ1n) is 6.70. The van der Waals surface area contributed by atoms with Crippen molar-refractivity contribution in [3.63, 3.8) is 0 Å². The molecule has 19 heavy (non-hydrogen) atoms. The van der Waals surface area contributed by atoms with Gasteiger partial charge in [0.2, 0.25) is 0 Å². The van der Waals surface area contributed by atoms with Crippen molar-refractivity contribution >= 4 is 11.4 Å². The summed E-state index contributed by atoms with van der Waals surface area (Å²) in [6.07, 6.45) is 1.31. The number of rotatable bonds is 8. The first kappa shape index (κ1) is 15.3. The third kappa shape index (κ3) is 6.12. The molecule has 0 fully saturated rings. The van der Waals surface area contributed by atoms with E-state index in [-0.39, 0.29) is 0 Å². The van der Waals surface area contributed by atoms with Gasteiger partial charge in [-0.05, 0) is 36.1 Å². The Morgan fingerprint density at radius 1 is 1.42 bits per heavy atom. The van der Waals surface area contributed by atoms with E-state index in [4.69, 9.17) is 15.7 Å². The minimum absolute atomic E-state index is 0.346. The summed E-state index contributed by atoms with van der Waals surface area (Å²) in [7, 11) is 0. The standard InChI is InChI=1S/C15H23N3O/c1-12(2)11-19-9-3-8-18-14-4-5-15(17)13(10-14)6-7-16/h4-5,10,12,18H,3,6,8-9,11,17H2,1-2H3. The molecule has 3 N–H and O–H groups in total. The molecule has 1 rings (SSSR count). The highest BCUT2D eigenvalue weighted by Gasteiger charge is 2.00. The number of nitrogens with two attached hydrogens (primary N) is 1. The molecule has 0 saturated carbocycles. The molecule has 0 aliphatic carbocycles. The van der Waals surface area contributed by atoms with Gasteiger partial charge in [0.25, 0.3) is 0 Å². The molecule has 0 saturated heterocycles. The summed E-state index contributed by atoms with van der Waals surface area (Å²) in [6.45, 7) is 6.72. The summed E-state index contributed by atoms with van der Waals surface area (Å²) in [5.74, 6) is 0.582. The fourth-order valence-electron chi connectivity index (χ4n) is 1.68. The highest BCUT2D eigenvalue weighted by Crippen LogP contribution is 2.18. The molecule has 0 radical (unpaired) electrons. The number of anilines is 2. The summed E-state index contributed by atoms with van der Waals surface area (Å²) in [5, 5.41) is 12.0. The van der Waals surface area contributed by atoms with Gasteiger partial charge in [0.1, 0.15) is 0 Å². The van der Waals surface area contributed by atoms with Crippen LogP contribution in [0.3, 0.4) is 0 Å². The van der Waals surface area contributed by atoms with Crippen LogP contribution < -0.4 is 11.1 Å². The van der Waals surface area contributed by atoms with Crippen molar-refractivity contribution in [2.24, 2.45) is 5.92 Å². The first-order valence-corrected chi connectivity index (χ1v) is 6.70. The second kappa shape index (κ2) is 8.39. The lowest BCUT2D eigenvalue weighted by molar-refractivity contribution is 0.110. The molecule has 0 amide bonds. The Balaban J connectivity index is 2.30. The van der Waals surface area contributed by atoms with Crippen LogP contribution in [0.2, 0.25) is 0 Å². The minimum atomic E-state index is 0.346. The Hall–Kier alpha value is -1.73. The molecule has 4 heteroatoms. The van der Waals surface area contributed by atoms with E-state index in [1.807, 2.05) is 18.2 Å². The Morgan fingerprint density at radius 3 is 2.89 bits per heavy atom. The molecule has 1 aromatic rings. The van der Waals surface area contributed by atoms with Crippen LogP contribution in [0.1, 0.15) is 25.8 Å². The van der Waals surface area contributed by atoms with E-state index in [2.05, 4.69) is 25.2 Å². The first-order chi connectivity index (χ1) is 9.13. The maximum absolute atomic E-state index is 8.71. The average Bonchev–Trinajstić information content (AvgIpc) is 2.37. The van der Waals surface area contributed by atoms with Crippen molar-refractivity contribution in [2.45, 2.75) is 26.7 Å². The molecule has 1 aromatic carbocycles. The molecule has 4 nitrogen and oxygen atoms in total. The molecule has 0 aliphatic rings.